The molecule has 0 atom stereocenters. The lowest BCUT2D eigenvalue weighted by Crippen LogP contribution is -2.14. The van der Waals surface area contributed by atoms with E-state index < -0.39 is 10.0 Å². The van der Waals surface area contributed by atoms with Crippen LogP contribution in [-0.2, 0) is 16.4 Å². The van der Waals surface area contributed by atoms with E-state index in [1.54, 1.807) is 25.1 Å². The van der Waals surface area contributed by atoms with Crippen LogP contribution in [0.2, 0.25) is 0 Å². The molecular formula is C16H18BrNO2S. The quantitative estimate of drug-likeness (QED) is 0.810. The summed E-state index contributed by atoms with van der Waals surface area (Å²) in [7, 11) is -3.55. The lowest BCUT2D eigenvalue weighted by molar-refractivity contribution is 0.600. The Kier molecular flexibility index (Phi) is 5.06. The number of aryl methyl sites for hydroxylation is 3. The highest BCUT2D eigenvalue weighted by Crippen LogP contribution is 2.21. The van der Waals surface area contributed by atoms with Crippen molar-refractivity contribution in [1.82, 2.24) is 0 Å². The molecule has 0 amide bonds. The SMILES string of the molecule is Cc1ccc(C)c(S(=O)(=O)Nc2ccc(CCBr)cc2)c1. The second-order valence-electron chi connectivity index (χ2n) is 5.01. The van der Waals surface area contributed by atoms with Crippen molar-refractivity contribution in [3.05, 3.63) is 59.2 Å². The van der Waals surface area contributed by atoms with Crippen LogP contribution < -0.4 is 4.72 Å². The topological polar surface area (TPSA) is 46.2 Å². The standard InChI is InChI=1S/C16H18BrNO2S/c1-12-3-4-13(2)16(11-12)21(19,20)18-15-7-5-14(6-8-15)9-10-17/h3-8,11,18H,9-10H2,1-2H3. The Bertz CT molecular complexity index is 724. The van der Waals surface area contributed by atoms with Crippen molar-refractivity contribution in [2.45, 2.75) is 25.2 Å². The monoisotopic (exact) mass is 367 g/mol. The maximum atomic E-state index is 12.5. The van der Waals surface area contributed by atoms with Gasteiger partial charge in [-0.15, -0.1) is 0 Å². The Morgan fingerprint density at radius 1 is 1.05 bits per heavy atom. The average Bonchev–Trinajstić information content (AvgIpc) is 2.43. The number of benzene rings is 2. The van der Waals surface area contributed by atoms with Gasteiger partial charge in [-0.25, -0.2) is 8.42 Å². The summed E-state index contributed by atoms with van der Waals surface area (Å²) in [5.41, 5.74) is 3.41. The summed E-state index contributed by atoms with van der Waals surface area (Å²) >= 11 is 3.39. The largest absolute Gasteiger partial charge is 0.280 e. The van der Waals surface area contributed by atoms with Crippen molar-refractivity contribution >= 4 is 31.6 Å². The van der Waals surface area contributed by atoms with Gasteiger partial charge in [0, 0.05) is 11.0 Å². The molecule has 2 aromatic carbocycles. The summed E-state index contributed by atoms with van der Waals surface area (Å²) in [6.07, 6.45) is 0.921. The molecule has 2 rings (SSSR count). The second-order valence-corrected chi connectivity index (χ2v) is 7.45. The summed E-state index contributed by atoms with van der Waals surface area (Å²) in [5.74, 6) is 0. The van der Waals surface area contributed by atoms with Gasteiger partial charge in [0.2, 0.25) is 0 Å². The summed E-state index contributed by atoms with van der Waals surface area (Å²) in [5, 5.41) is 0.889. The molecule has 0 aromatic heterocycles. The molecule has 0 aliphatic heterocycles. The third-order valence-electron chi connectivity index (χ3n) is 3.22. The van der Waals surface area contributed by atoms with E-state index in [2.05, 4.69) is 20.7 Å². The Balaban J connectivity index is 2.26. The fraction of sp³-hybridized carbons (Fsp3) is 0.250. The van der Waals surface area contributed by atoms with Crippen LogP contribution in [0, 0.1) is 13.8 Å². The Morgan fingerprint density at radius 3 is 2.33 bits per heavy atom. The van der Waals surface area contributed by atoms with E-state index in [9.17, 15) is 8.42 Å². The van der Waals surface area contributed by atoms with Crippen LogP contribution in [0.3, 0.4) is 0 Å². The van der Waals surface area contributed by atoms with E-state index in [-0.39, 0.29) is 0 Å². The molecule has 1 N–H and O–H groups in total. The Hall–Kier alpha value is -1.33. The van der Waals surface area contributed by atoms with Gasteiger partial charge in [-0.2, -0.15) is 0 Å². The molecule has 0 radical (unpaired) electrons. The van der Waals surface area contributed by atoms with E-state index in [1.165, 1.54) is 5.56 Å². The van der Waals surface area contributed by atoms with Gasteiger partial charge in [0.15, 0.2) is 0 Å². The highest BCUT2D eigenvalue weighted by atomic mass is 79.9. The van der Waals surface area contributed by atoms with Gasteiger partial charge in [0.25, 0.3) is 10.0 Å². The van der Waals surface area contributed by atoms with Crippen LogP contribution >= 0.6 is 15.9 Å². The zero-order valence-electron chi connectivity index (χ0n) is 12.1. The van der Waals surface area contributed by atoms with Gasteiger partial charge in [-0.3, -0.25) is 4.72 Å². The van der Waals surface area contributed by atoms with Crippen LogP contribution in [-0.4, -0.2) is 13.7 Å². The first-order valence-corrected chi connectivity index (χ1v) is 9.28. The number of halogens is 1. The van der Waals surface area contributed by atoms with Crippen LogP contribution in [0.25, 0.3) is 0 Å². The lowest BCUT2D eigenvalue weighted by atomic mass is 10.2. The number of nitrogens with one attached hydrogen (secondary N) is 1. The first-order chi connectivity index (χ1) is 9.92. The lowest BCUT2D eigenvalue weighted by Gasteiger charge is -2.11. The van der Waals surface area contributed by atoms with Crippen molar-refractivity contribution in [1.29, 1.82) is 0 Å². The molecule has 5 heteroatoms. The summed E-state index contributed by atoms with van der Waals surface area (Å²) < 4.78 is 27.6. The van der Waals surface area contributed by atoms with Gasteiger partial charge in [0.05, 0.1) is 4.90 Å². The molecule has 21 heavy (non-hydrogen) atoms. The van der Waals surface area contributed by atoms with E-state index in [1.807, 2.05) is 31.2 Å². The van der Waals surface area contributed by atoms with Crippen molar-refractivity contribution in [3.8, 4) is 0 Å². The smallest absolute Gasteiger partial charge is 0.262 e. The van der Waals surface area contributed by atoms with E-state index in [4.69, 9.17) is 0 Å². The van der Waals surface area contributed by atoms with Crippen molar-refractivity contribution in [2.24, 2.45) is 0 Å². The molecule has 0 bridgehead atoms. The molecule has 0 aliphatic carbocycles. The van der Waals surface area contributed by atoms with Crippen LogP contribution in [0.15, 0.2) is 47.4 Å². The Labute approximate surface area is 134 Å². The van der Waals surface area contributed by atoms with Crippen LogP contribution in [0.1, 0.15) is 16.7 Å². The zero-order chi connectivity index (χ0) is 15.5. The summed E-state index contributed by atoms with van der Waals surface area (Å²) in [6, 6.07) is 12.9. The third-order valence-corrected chi connectivity index (χ3v) is 5.14. The van der Waals surface area contributed by atoms with Gasteiger partial charge in [0.1, 0.15) is 0 Å². The minimum absolute atomic E-state index is 0.326. The fourth-order valence-corrected chi connectivity index (χ4v) is 3.90. The predicted octanol–water partition coefficient (Wildman–Crippen LogP) is 4.04. The second kappa shape index (κ2) is 6.62. The molecule has 112 valence electrons. The van der Waals surface area contributed by atoms with Crippen LogP contribution in [0.5, 0.6) is 0 Å². The number of hydrogen-bond donors (Lipinski definition) is 1. The average molecular weight is 368 g/mol. The Morgan fingerprint density at radius 2 is 1.71 bits per heavy atom. The highest BCUT2D eigenvalue weighted by molar-refractivity contribution is 9.09. The number of sulfonamides is 1. The molecule has 0 spiro atoms. The van der Waals surface area contributed by atoms with Crippen molar-refractivity contribution in [2.75, 3.05) is 10.1 Å². The first-order valence-electron chi connectivity index (χ1n) is 6.67. The zero-order valence-corrected chi connectivity index (χ0v) is 14.5. The number of anilines is 1. The molecule has 0 saturated heterocycles. The maximum Gasteiger partial charge on any atom is 0.262 e. The number of hydrogen-bond acceptors (Lipinski definition) is 2. The molecule has 0 saturated carbocycles. The summed E-state index contributed by atoms with van der Waals surface area (Å²) in [4.78, 5) is 0.326. The summed E-state index contributed by atoms with van der Waals surface area (Å²) in [6.45, 7) is 3.68. The maximum absolute atomic E-state index is 12.5. The van der Waals surface area contributed by atoms with E-state index >= 15 is 0 Å². The van der Waals surface area contributed by atoms with Crippen molar-refractivity contribution in [3.63, 3.8) is 0 Å². The molecule has 2 aromatic rings. The van der Waals surface area contributed by atoms with Gasteiger partial charge < -0.3 is 0 Å². The molecule has 0 heterocycles. The predicted molar refractivity (Wildman–Crippen MR) is 90.7 cm³/mol. The minimum Gasteiger partial charge on any atom is -0.280 e. The number of rotatable bonds is 5. The molecule has 3 nitrogen and oxygen atoms in total. The first kappa shape index (κ1) is 16.0. The highest BCUT2D eigenvalue weighted by Gasteiger charge is 2.16. The van der Waals surface area contributed by atoms with E-state index in [0.29, 0.717) is 10.6 Å². The molecule has 0 aliphatic rings. The van der Waals surface area contributed by atoms with Crippen LogP contribution in [0.4, 0.5) is 5.69 Å². The van der Waals surface area contributed by atoms with E-state index in [0.717, 1.165) is 22.9 Å². The van der Waals surface area contributed by atoms with Gasteiger partial charge in [-0.1, -0.05) is 40.2 Å². The molecule has 0 fully saturated rings. The molecule has 0 unspecified atom stereocenters. The normalized spacial score (nSPS) is 11.4. The minimum atomic E-state index is -3.55. The third kappa shape index (κ3) is 4.08. The number of alkyl halides is 1. The fourth-order valence-electron chi connectivity index (χ4n) is 2.06. The van der Waals surface area contributed by atoms with Crippen molar-refractivity contribution < 1.29 is 8.42 Å². The van der Waals surface area contributed by atoms with Gasteiger partial charge in [-0.05, 0) is 55.2 Å². The molecular weight excluding hydrogens is 350 g/mol. The van der Waals surface area contributed by atoms with Gasteiger partial charge >= 0.3 is 0 Å².